The largest absolute Gasteiger partial charge is 0.388 e. The van der Waals surface area contributed by atoms with Crippen molar-refractivity contribution in [3.8, 4) is 0 Å². The molecule has 2 aromatic carbocycles. The van der Waals surface area contributed by atoms with Gasteiger partial charge >= 0.3 is 0 Å². The van der Waals surface area contributed by atoms with Gasteiger partial charge in [0.1, 0.15) is 0 Å². The molecule has 2 rings (SSSR count). The van der Waals surface area contributed by atoms with E-state index in [9.17, 15) is 5.11 Å². The molecule has 1 atom stereocenters. The molecule has 0 spiro atoms. The van der Waals surface area contributed by atoms with Crippen LogP contribution < -0.4 is 0 Å². The van der Waals surface area contributed by atoms with Gasteiger partial charge in [-0.2, -0.15) is 0 Å². The first kappa shape index (κ1) is 16.3. The molecule has 0 radical (unpaired) electrons. The molecule has 0 heterocycles. The number of hydrogen-bond acceptors (Lipinski definition) is 1. The van der Waals surface area contributed by atoms with Gasteiger partial charge in [-0.05, 0) is 34.6 Å². The summed E-state index contributed by atoms with van der Waals surface area (Å²) in [6, 6.07) is 14.6. The molecular weight excluding hydrogens is 324 g/mol. The average Bonchev–Trinajstić information content (AvgIpc) is 2.41. The Kier molecular flexibility index (Phi) is 4.90. The third-order valence-corrected chi connectivity index (χ3v) is 4.91. The zero-order chi connectivity index (χ0) is 15.6. The second-order valence-electron chi connectivity index (χ2n) is 6.64. The third-order valence-electron chi connectivity index (χ3n) is 3.83. The van der Waals surface area contributed by atoms with Crippen molar-refractivity contribution < 1.29 is 5.11 Å². The molecule has 0 aliphatic carbocycles. The Morgan fingerprint density at radius 2 is 1.67 bits per heavy atom. The van der Waals surface area contributed by atoms with Crippen molar-refractivity contribution in [3.63, 3.8) is 0 Å². The Labute approximate surface area is 136 Å². The van der Waals surface area contributed by atoms with Gasteiger partial charge in [0.25, 0.3) is 0 Å². The van der Waals surface area contributed by atoms with Crippen molar-refractivity contribution in [3.05, 3.63) is 69.2 Å². The monoisotopic (exact) mass is 346 g/mol. The van der Waals surface area contributed by atoms with Crippen molar-refractivity contribution in [2.45, 2.75) is 45.6 Å². The fourth-order valence-corrected chi connectivity index (χ4v) is 2.93. The van der Waals surface area contributed by atoms with Crippen molar-refractivity contribution >= 4 is 15.9 Å². The second-order valence-corrected chi connectivity index (χ2v) is 7.44. The minimum absolute atomic E-state index is 0.163. The Bertz CT molecular complexity index is 608. The molecule has 1 unspecified atom stereocenters. The molecule has 112 valence electrons. The molecule has 1 nitrogen and oxygen atoms in total. The lowest BCUT2D eigenvalue weighted by atomic mass is 9.86. The highest BCUT2D eigenvalue weighted by atomic mass is 79.9. The summed E-state index contributed by atoms with van der Waals surface area (Å²) in [6.45, 7) is 8.67. The van der Waals surface area contributed by atoms with Gasteiger partial charge in [-0.1, -0.05) is 79.2 Å². The van der Waals surface area contributed by atoms with Crippen molar-refractivity contribution in [2.24, 2.45) is 0 Å². The first-order chi connectivity index (χ1) is 9.79. The van der Waals surface area contributed by atoms with Crippen molar-refractivity contribution in [1.29, 1.82) is 0 Å². The van der Waals surface area contributed by atoms with E-state index in [1.54, 1.807) is 0 Å². The van der Waals surface area contributed by atoms with E-state index in [1.165, 1.54) is 5.56 Å². The highest BCUT2D eigenvalue weighted by molar-refractivity contribution is 9.10. The second kappa shape index (κ2) is 6.33. The molecule has 0 aromatic heterocycles. The third kappa shape index (κ3) is 3.96. The van der Waals surface area contributed by atoms with Crippen LogP contribution in [-0.2, 0) is 11.8 Å². The van der Waals surface area contributed by atoms with Crippen LogP contribution in [0, 0.1) is 6.92 Å². The maximum atomic E-state index is 10.5. The maximum Gasteiger partial charge on any atom is 0.0841 e. The number of benzene rings is 2. The smallest absolute Gasteiger partial charge is 0.0841 e. The zero-order valence-corrected chi connectivity index (χ0v) is 14.7. The quantitative estimate of drug-likeness (QED) is 0.795. The maximum absolute atomic E-state index is 10.5. The summed E-state index contributed by atoms with van der Waals surface area (Å²) < 4.78 is 1.00. The van der Waals surface area contributed by atoms with Gasteiger partial charge in [0, 0.05) is 10.9 Å². The van der Waals surface area contributed by atoms with E-state index in [0.29, 0.717) is 6.42 Å². The van der Waals surface area contributed by atoms with E-state index < -0.39 is 6.10 Å². The zero-order valence-electron chi connectivity index (χ0n) is 13.2. The highest BCUT2D eigenvalue weighted by Crippen LogP contribution is 2.29. The van der Waals surface area contributed by atoms with Gasteiger partial charge < -0.3 is 5.11 Å². The van der Waals surface area contributed by atoms with E-state index in [0.717, 1.165) is 21.2 Å². The molecule has 0 amide bonds. The summed E-state index contributed by atoms with van der Waals surface area (Å²) in [5.41, 5.74) is 4.74. The minimum Gasteiger partial charge on any atom is -0.388 e. The molecular formula is C19H23BrO. The van der Waals surface area contributed by atoms with Gasteiger partial charge in [0.2, 0.25) is 0 Å². The molecule has 0 saturated carbocycles. The number of hydrogen-bond donors (Lipinski definition) is 1. The van der Waals surface area contributed by atoms with Gasteiger partial charge in [0.15, 0.2) is 0 Å². The van der Waals surface area contributed by atoms with Gasteiger partial charge in [-0.15, -0.1) is 0 Å². The van der Waals surface area contributed by atoms with E-state index in [-0.39, 0.29) is 5.41 Å². The lowest BCUT2D eigenvalue weighted by Crippen LogP contribution is -2.11. The first-order valence-corrected chi connectivity index (χ1v) is 8.11. The predicted octanol–water partition coefficient (Wildman–Crippen LogP) is 5.33. The molecule has 21 heavy (non-hydrogen) atoms. The Hall–Kier alpha value is -1.12. The molecule has 2 heteroatoms. The van der Waals surface area contributed by atoms with Crippen LogP contribution in [0.5, 0.6) is 0 Å². The van der Waals surface area contributed by atoms with Crippen LogP contribution in [0.1, 0.15) is 49.1 Å². The summed E-state index contributed by atoms with van der Waals surface area (Å²) in [5, 5.41) is 10.5. The Balaban J connectivity index is 2.16. The van der Waals surface area contributed by atoms with Gasteiger partial charge in [-0.3, -0.25) is 0 Å². The minimum atomic E-state index is -0.486. The summed E-state index contributed by atoms with van der Waals surface area (Å²) in [6.07, 6.45) is 0.145. The van der Waals surface area contributed by atoms with Gasteiger partial charge in [0.05, 0.1) is 6.10 Å². The van der Waals surface area contributed by atoms with Crippen LogP contribution in [0.4, 0.5) is 0 Å². The normalized spacial score (nSPS) is 13.2. The van der Waals surface area contributed by atoms with Crippen LogP contribution in [0.2, 0.25) is 0 Å². The van der Waals surface area contributed by atoms with Crippen molar-refractivity contribution in [1.82, 2.24) is 0 Å². The molecule has 0 aliphatic rings. The molecule has 0 fully saturated rings. The van der Waals surface area contributed by atoms with Crippen molar-refractivity contribution in [2.75, 3.05) is 0 Å². The SMILES string of the molecule is Cc1cccc(C(O)Cc2ccc(C(C)(C)C)cc2)c1Br. The summed E-state index contributed by atoms with van der Waals surface area (Å²) >= 11 is 3.57. The number of halogens is 1. The van der Waals surface area contributed by atoms with Crippen LogP contribution in [0.15, 0.2) is 46.9 Å². The predicted molar refractivity (Wildman–Crippen MR) is 92.7 cm³/mol. The van der Waals surface area contributed by atoms with Crippen LogP contribution in [0.3, 0.4) is 0 Å². The highest BCUT2D eigenvalue weighted by Gasteiger charge is 2.15. The lowest BCUT2D eigenvalue weighted by molar-refractivity contribution is 0.177. The fourth-order valence-electron chi connectivity index (χ4n) is 2.40. The first-order valence-electron chi connectivity index (χ1n) is 7.31. The molecule has 0 aliphatic heterocycles. The topological polar surface area (TPSA) is 20.2 Å². The van der Waals surface area contributed by atoms with E-state index in [1.807, 2.05) is 25.1 Å². The Morgan fingerprint density at radius 1 is 1.05 bits per heavy atom. The fraction of sp³-hybridized carbons (Fsp3) is 0.368. The van der Waals surface area contributed by atoms with Crippen LogP contribution >= 0.6 is 15.9 Å². The number of rotatable bonds is 3. The average molecular weight is 347 g/mol. The van der Waals surface area contributed by atoms with Crippen LogP contribution in [0.25, 0.3) is 0 Å². The Morgan fingerprint density at radius 3 is 2.24 bits per heavy atom. The van der Waals surface area contributed by atoms with Crippen LogP contribution in [-0.4, -0.2) is 5.11 Å². The molecule has 2 aromatic rings. The van der Waals surface area contributed by atoms with E-state index >= 15 is 0 Å². The van der Waals surface area contributed by atoms with E-state index in [2.05, 4.69) is 61.0 Å². The molecule has 0 saturated heterocycles. The summed E-state index contributed by atoms with van der Waals surface area (Å²) in [7, 11) is 0. The molecule has 1 N–H and O–H groups in total. The molecule has 0 bridgehead atoms. The van der Waals surface area contributed by atoms with Gasteiger partial charge in [-0.25, -0.2) is 0 Å². The summed E-state index contributed by atoms with van der Waals surface area (Å²) in [4.78, 5) is 0. The summed E-state index contributed by atoms with van der Waals surface area (Å²) in [5.74, 6) is 0. The standard InChI is InChI=1S/C19H23BrO/c1-13-6-5-7-16(18(13)20)17(21)12-14-8-10-15(11-9-14)19(2,3)4/h5-11,17,21H,12H2,1-4H3. The number of aliphatic hydroxyl groups excluding tert-OH is 1. The number of aryl methyl sites for hydroxylation is 1. The lowest BCUT2D eigenvalue weighted by Gasteiger charge is -2.20. The van der Waals surface area contributed by atoms with E-state index in [4.69, 9.17) is 0 Å². The number of aliphatic hydroxyl groups is 1.